The second-order valence-corrected chi connectivity index (χ2v) is 9.87. The maximum atomic E-state index is 12.5. The van der Waals surface area contributed by atoms with Gasteiger partial charge in [0.05, 0.1) is 16.1 Å². The van der Waals surface area contributed by atoms with Crippen LogP contribution in [0.5, 0.6) is 0 Å². The van der Waals surface area contributed by atoms with Gasteiger partial charge in [0.2, 0.25) is 10.0 Å². The molecule has 2 heterocycles. The van der Waals surface area contributed by atoms with Gasteiger partial charge in [0.1, 0.15) is 0 Å². The van der Waals surface area contributed by atoms with Crippen LogP contribution in [0.15, 0.2) is 29.2 Å². The largest absolute Gasteiger partial charge is 0.494 e. The van der Waals surface area contributed by atoms with E-state index in [1.165, 1.54) is 12.8 Å². The number of hydrogen-bond donors (Lipinski definition) is 1. The van der Waals surface area contributed by atoms with Gasteiger partial charge in [-0.3, -0.25) is 0 Å². The van der Waals surface area contributed by atoms with Crippen LogP contribution in [0.2, 0.25) is 0 Å². The van der Waals surface area contributed by atoms with E-state index in [0.29, 0.717) is 6.54 Å². The maximum absolute atomic E-state index is 12.5. The summed E-state index contributed by atoms with van der Waals surface area (Å²) in [6.07, 6.45) is 2.40. The summed E-state index contributed by atoms with van der Waals surface area (Å²) in [7, 11) is -3.98. The molecule has 0 aliphatic carbocycles. The average molecular weight is 380 g/mol. The summed E-state index contributed by atoms with van der Waals surface area (Å²) >= 11 is 0. The van der Waals surface area contributed by atoms with Gasteiger partial charge in [0.25, 0.3) is 0 Å². The van der Waals surface area contributed by atoms with E-state index in [-0.39, 0.29) is 4.90 Å². The highest BCUT2D eigenvalue weighted by Crippen LogP contribution is 2.36. The van der Waals surface area contributed by atoms with E-state index in [2.05, 4.69) is 9.62 Å². The van der Waals surface area contributed by atoms with Crippen LogP contribution in [0.1, 0.15) is 40.5 Å². The van der Waals surface area contributed by atoms with Crippen molar-refractivity contribution in [3.8, 4) is 0 Å². The SMILES string of the molecule is CC1(C)OB(c2ccc(S(=O)(=O)NCCN3CCCC3)cc2)OC1(C)C. The number of hydrogen-bond acceptors (Lipinski definition) is 5. The Hall–Kier alpha value is -0.925. The molecule has 6 nitrogen and oxygen atoms in total. The lowest BCUT2D eigenvalue weighted by molar-refractivity contribution is 0.00578. The Kier molecular flexibility index (Phi) is 5.52. The van der Waals surface area contributed by atoms with Crippen LogP contribution in [0.4, 0.5) is 0 Å². The average Bonchev–Trinajstić information content (AvgIpc) is 3.14. The molecule has 1 N–H and O–H groups in total. The standard InChI is InChI=1S/C18H29BN2O4S/c1-17(2)18(3,4)25-19(24-17)15-7-9-16(10-8-15)26(22,23)20-11-14-21-12-5-6-13-21/h7-10,20H,5-6,11-14H2,1-4H3. The number of sulfonamides is 1. The van der Waals surface area contributed by atoms with E-state index in [1.54, 1.807) is 24.3 Å². The summed E-state index contributed by atoms with van der Waals surface area (Å²) in [5.41, 5.74) is -0.0151. The third-order valence-corrected chi connectivity index (χ3v) is 7.11. The highest BCUT2D eigenvalue weighted by molar-refractivity contribution is 7.89. The summed E-state index contributed by atoms with van der Waals surface area (Å²) in [5, 5.41) is 0. The van der Waals surface area contributed by atoms with Gasteiger partial charge in [-0.05, 0) is 71.2 Å². The van der Waals surface area contributed by atoms with E-state index in [4.69, 9.17) is 9.31 Å². The first-order chi connectivity index (χ1) is 12.1. The normalized spacial score (nSPS) is 22.8. The van der Waals surface area contributed by atoms with Crippen LogP contribution in [-0.4, -0.2) is 57.8 Å². The number of likely N-dealkylation sites (tertiary alicyclic amines) is 1. The fourth-order valence-electron chi connectivity index (χ4n) is 3.21. The molecule has 2 aliphatic heterocycles. The van der Waals surface area contributed by atoms with Gasteiger partial charge in [-0.1, -0.05) is 12.1 Å². The molecule has 144 valence electrons. The van der Waals surface area contributed by atoms with Crippen molar-refractivity contribution in [1.82, 2.24) is 9.62 Å². The summed E-state index contributed by atoms with van der Waals surface area (Å²) in [4.78, 5) is 2.54. The van der Waals surface area contributed by atoms with Gasteiger partial charge < -0.3 is 14.2 Å². The zero-order valence-electron chi connectivity index (χ0n) is 16.1. The van der Waals surface area contributed by atoms with Crippen LogP contribution >= 0.6 is 0 Å². The summed E-state index contributed by atoms with van der Waals surface area (Å²) in [5.74, 6) is 0. The molecule has 3 rings (SSSR count). The number of benzene rings is 1. The van der Waals surface area contributed by atoms with Gasteiger partial charge in [-0.2, -0.15) is 0 Å². The van der Waals surface area contributed by atoms with E-state index >= 15 is 0 Å². The van der Waals surface area contributed by atoms with Crippen molar-refractivity contribution >= 4 is 22.6 Å². The molecule has 2 saturated heterocycles. The predicted molar refractivity (Wildman–Crippen MR) is 103 cm³/mol. The van der Waals surface area contributed by atoms with E-state index in [0.717, 1.165) is 25.1 Å². The molecular formula is C18H29BN2O4S. The topological polar surface area (TPSA) is 67.9 Å². The molecule has 0 amide bonds. The Morgan fingerprint density at radius 1 is 1.04 bits per heavy atom. The molecule has 0 unspecified atom stereocenters. The van der Waals surface area contributed by atoms with Crippen molar-refractivity contribution < 1.29 is 17.7 Å². The molecule has 2 fully saturated rings. The van der Waals surface area contributed by atoms with Gasteiger partial charge >= 0.3 is 7.12 Å². The fourth-order valence-corrected chi connectivity index (χ4v) is 4.23. The predicted octanol–water partition coefficient (Wildman–Crippen LogP) is 1.36. The maximum Gasteiger partial charge on any atom is 0.494 e. The van der Waals surface area contributed by atoms with Gasteiger partial charge in [-0.25, -0.2) is 13.1 Å². The van der Waals surface area contributed by atoms with Crippen molar-refractivity contribution in [2.45, 2.75) is 56.6 Å². The number of nitrogens with one attached hydrogen (secondary N) is 1. The molecule has 1 aromatic rings. The summed E-state index contributed by atoms with van der Waals surface area (Å²) in [6, 6.07) is 6.74. The Labute approximate surface area is 157 Å². The fraction of sp³-hybridized carbons (Fsp3) is 0.667. The van der Waals surface area contributed by atoms with E-state index < -0.39 is 28.3 Å². The second-order valence-electron chi connectivity index (χ2n) is 8.10. The van der Waals surface area contributed by atoms with Crippen LogP contribution in [0.25, 0.3) is 0 Å². The van der Waals surface area contributed by atoms with Crippen molar-refractivity contribution in [3.05, 3.63) is 24.3 Å². The van der Waals surface area contributed by atoms with E-state index in [9.17, 15) is 8.42 Å². The van der Waals surface area contributed by atoms with Crippen molar-refractivity contribution in [1.29, 1.82) is 0 Å². The highest BCUT2D eigenvalue weighted by atomic mass is 32.2. The molecule has 26 heavy (non-hydrogen) atoms. The summed E-state index contributed by atoms with van der Waals surface area (Å²) in [6.45, 7) is 11.3. The van der Waals surface area contributed by atoms with Crippen LogP contribution in [0.3, 0.4) is 0 Å². The molecule has 1 aromatic carbocycles. The minimum atomic E-state index is -3.50. The van der Waals surface area contributed by atoms with Crippen molar-refractivity contribution in [2.75, 3.05) is 26.2 Å². The molecule has 8 heteroatoms. The zero-order valence-corrected chi connectivity index (χ0v) is 16.9. The third-order valence-electron chi connectivity index (χ3n) is 5.63. The first kappa shape index (κ1) is 19.8. The molecule has 0 radical (unpaired) electrons. The molecular weight excluding hydrogens is 351 g/mol. The summed E-state index contributed by atoms with van der Waals surface area (Å²) < 4.78 is 39.6. The first-order valence-electron chi connectivity index (χ1n) is 9.28. The smallest absolute Gasteiger partial charge is 0.399 e. The molecule has 0 saturated carbocycles. The van der Waals surface area contributed by atoms with Crippen LogP contribution in [0, 0.1) is 0 Å². The molecule has 0 spiro atoms. The molecule has 0 atom stereocenters. The second kappa shape index (κ2) is 7.24. The van der Waals surface area contributed by atoms with E-state index in [1.807, 2.05) is 27.7 Å². The monoisotopic (exact) mass is 380 g/mol. The minimum Gasteiger partial charge on any atom is -0.399 e. The van der Waals surface area contributed by atoms with Gasteiger partial charge in [0.15, 0.2) is 0 Å². The molecule has 0 aromatic heterocycles. The number of nitrogens with zero attached hydrogens (tertiary/aromatic N) is 1. The van der Waals surface area contributed by atoms with Crippen LogP contribution in [-0.2, 0) is 19.3 Å². The molecule has 2 aliphatic rings. The Bertz CT molecular complexity index is 712. The highest BCUT2D eigenvalue weighted by Gasteiger charge is 2.51. The number of rotatable bonds is 6. The minimum absolute atomic E-state index is 0.263. The molecule has 0 bridgehead atoms. The lowest BCUT2D eigenvalue weighted by Gasteiger charge is -2.32. The quantitative estimate of drug-likeness (QED) is 0.755. The lowest BCUT2D eigenvalue weighted by Crippen LogP contribution is -2.41. The lowest BCUT2D eigenvalue weighted by atomic mass is 9.79. The van der Waals surface area contributed by atoms with Gasteiger partial charge in [0, 0.05) is 13.1 Å². The van der Waals surface area contributed by atoms with Crippen molar-refractivity contribution in [2.24, 2.45) is 0 Å². The van der Waals surface area contributed by atoms with Crippen molar-refractivity contribution in [3.63, 3.8) is 0 Å². The Morgan fingerprint density at radius 3 is 2.12 bits per heavy atom. The van der Waals surface area contributed by atoms with Crippen LogP contribution < -0.4 is 10.2 Å². The Morgan fingerprint density at radius 2 is 1.58 bits per heavy atom. The Balaban J connectivity index is 1.61. The van der Waals surface area contributed by atoms with Gasteiger partial charge in [-0.15, -0.1) is 0 Å². The first-order valence-corrected chi connectivity index (χ1v) is 10.8. The third kappa shape index (κ3) is 4.15. The zero-order chi connectivity index (χ0) is 19.0.